The molecule has 1 aliphatic carbocycles. The number of aryl methyl sites for hydroxylation is 1. The second kappa shape index (κ2) is 9.50. The first kappa shape index (κ1) is 22.5. The van der Waals surface area contributed by atoms with Crippen molar-refractivity contribution in [1.29, 1.82) is 0 Å². The molecule has 1 aromatic carbocycles. The number of carbonyl (C=O) groups is 1. The lowest BCUT2D eigenvalue weighted by atomic mass is 9.81. The van der Waals surface area contributed by atoms with Crippen LogP contribution in [0, 0.1) is 11.8 Å². The maximum atomic E-state index is 12.9. The number of ether oxygens (including phenoxy) is 1. The van der Waals surface area contributed by atoms with Gasteiger partial charge in [-0.25, -0.2) is 9.78 Å². The van der Waals surface area contributed by atoms with Crippen LogP contribution >= 0.6 is 0 Å². The van der Waals surface area contributed by atoms with E-state index in [1.165, 1.54) is 0 Å². The quantitative estimate of drug-likeness (QED) is 0.601. The van der Waals surface area contributed by atoms with Gasteiger partial charge in [0.25, 0.3) is 0 Å². The van der Waals surface area contributed by atoms with Gasteiger partial charge in [-0.3, -0.25) is 13.9 Å². The van der Waals surface area contributed by atoms with Crippen molar-refractivity contribution in [3.05, 3.63) is 47.0 Å². The van der Waals surface area contributed by atoms with Crippen molar-refractivity contribution in [2.24, 2.45) is 18.9 Å². The standard InChI is InChI=1S/C25H31N5O4/c1-28-21-7-6-20(31)15-22(21)30(25(28)33)16-17-2-4-18(5-3-17)24(32)27-19-8-9-26-23(14-19)29-10-12-34-13-11-29/h6-9,14-15,17-18,31H,2-5,10-13,16H2,1H3,(H,26,27,32). The average molecular weight is 466 g/mol. The summed E-state index contributed by atoms with van der Waals surface area (Å²) >= 11 is 0. The number of phenols is 1. The summed E-state index contributed by atoms with van der Waals surface area (Å²) in [5.41, 5.74) is 2.26. The Kier molecular flexibility index (Phi) is 6.28. The Morgan fingerprint density at radius 1 is 1.12 bits per heavy atom. The summed E-state index contributed by atoms with van der Waals surface area (Å²) in [6.07, 6.45) is 5.09. The number of aromatic hydroxyl groups is 1. The zero-order chi connectivity index (χ0) is 23.7. The van der Waals surface area contributed by atoms with Gasteiger partial charge in [0.15, 0.2) is 0 Å². The van der Waals surface area contributed by atoms with E-state index in [0.717, 1.165) is 61.3 Å². The van der Waals surface area contributed by atoms with Gasteiger partial charge in [-0.05, 0) is 49.8 Å². The number of anilines is 2. The molecular formula is C25H31N5O4. The lowest BCUT2D eigenvalue weighted by Gasteiger charge is -2.29. The van der Waals surface area contributed by atoms with Crippen molar-refractivity contribution >= 4 is 28.4 Å². The predicted molar refractivity (Wildman–Crippen MR) is 130 cm³/mol. The number of imidazole rings is 1. The molecule has 34 heavy (non-hydrogen) atoms. The number of fused-ring (bicyclic) bond motifs is 1. The zero-order valence-corrected chi connectivity index (χ0v) is 19.4. The molecule has 9 heteroatoms. The first-order valence-corrected chi connectivity index (χ1v) is 12.0. The highest BCUT2D eigenvalue weighted by atomic mass is 16.5. The number of benzene rings is 1. The molecule has 1 aliphatic heterocycles. The highest BCUT2D eigenvalue weighted by Gasteiger charge is 2.28. The van der Waals surface area contributed by atoms with E-state index in [-0.39, 0.29) is 23.3 Å². The van der Waals surface area contributed by atoms with Crippen LogP contribution < -0.4 is 15.9 Å². The Hall–Kier alpha value is -3.33. The van der Waals surface area contributed by atoms with E-state index in [1.807, 2.05) is 12.1 Å². The molecule has 2 aromatic heterocycles. The molecule has 0 spiro atoms. The molecule has 1 saturated heterocycles. The molecule has 1 amide bonds. The lowest BCUT2D eigenvalue weighted by molar-refractivity contribution is -0.121. The van der Waals surface area contributed by atoms with Crippen LogP contribution in [0.25, 0.3) is 11.0 Å². The molecule has 2 fully saturated rings. The van der Waals surface area contributed by atoms with E-state index >= 15 is 0 Å². The van der Waals surface area contributed by atoms with Gasteiger partial charge < -0.3 is 20.1 Å². The molecule has 0 bridgehead atoms. The van der Waals surface area contributed by atoms with Crippen molar-refractivity contribution in [2.45, 2.75) is 32.2 Å². The van der Waals surface area contributed by atoms with Crippen LogP contribution in [0.2, 0.25) is 0 Å². The number of aromatic nitrogens is 3. The third-order valence-corrected chi connectivity index (χ3v) is 7.14. The third kappa shape index (κ3) is 4.52. The molecule has 3 aromatic rings. The Morgan fingerprint density at radius 2 is 1.88 bits per heavy atom. The average Bonchev–Trinajstić information content (AvgIpc) is 3.09. The van der Waals surface area contributed by atoms with Crippen LogP contribution in [-0.2, 0) is 23.1 Å². The van der Waals surface area contributed by atoms with Crippen LogP contribution in [0.5, 0.6) is 5.75 Å². The number of carbonyl (C=O) groups excluding carboxylic acids is 1. The van der Waals surface area contributed by atoms with Gasteiger partial charge >= 0.3 is 5.69 Å². The van der Waals surface area contributed by atoms with Crippen molar-refractivity contribution in [2.75, 3.05) is 36.5 Å². The number of morpholine rings is 1. The van der Waals surface area contributed by atoms with Gasteiger partial charge in [0, 0.05) is 56.6 Å². The zero-order valence-electron chi connectivity index (χ0n) is 19.4. The lowest BCUT2D eigenvalue weighted by Crippen LogP contribution is -2.36. The van der Waals surface area contributed by atoms with Crippen molar-refractivity contribution < 1.29 is 14.6 Å². The molecule has 9 nitrogen and oxygen atoms in total. The summed E-state index contributed by atoms with van der Waals surface area (Å²) in [4.78, 5) is 32.3. The number of nitrogens with one attached hydrogen (secondary N) is 1. The van der Waals surface area contributed by atoms with Crippen LogP contribution in [0.3, 0.4) is 0 Å². The van der Waals surface area contributed by atoms with Gasteiger partial charge in [-0.1, -0.05) is 0 Å². The topological polar surface area (TPSA) is 102 Å². The van der Waals surface area contributed by atoms with Crippen LogP contribution in [-0.4, -0.2) is 51.4 Å². The van der Waals surface area contributed by atoms with Crippen molar-refractivity contribution in [3.63, 3.8) is 0 Å². The number of amides is 1. The summed E-state index contributed by atoms with van der Waals surface area (Å²) in [6.45, 7) is 3.57. The van der Waals surface area contributed by atoms with E-state index < -0.39 is 0 Å². The Balaban J connectivity index is 1.20. The molecule has 5 rings (SSSR count). The molecule has 180 valence electrons. The van der Waals surface area contributed by atoms with Crippen molar-refractivity contribution in [3.8, 4) is 5.75 Å². The minimum absolute atomic E-state index is 0.0375. The van der Waals surface area contributed by atoms with Crippen LogP contribution in [0.4, 0.5) is 11.5 Å². The summed E-state index contributed by atoms with van der Waals surface area (Å²) in [6, 6.07) is 8.78. The minimum atomic E-state index is -0.0748. The fourth-order valence-electron chi connectivity index (χ4n) is 5.15. The maximum Gasteiger partial charge on any atom is 0.328 e. The van der Waals surface area contributed by atoms with Gasteiger partial charge in [0.1, 0.15) is 11.6 Å². The fourth-order valence-corrected chi connectivity index (χ4v) is 5.15. The maximum absolute atomic E-state index is 12.9. The normalized spacial score (nSPS) is 21.0. The minimum Gasteiger partial charge on any atom is -0.508 e. The monoisotopic (exact) mass is 465 g/mol. The highest BCUT2D eigenvalue weighted by Crippen LogP contribution is 2.32. The van der Waals surface area contributed by atoms with E-state index in [1.54, 1.807) is 40.6 Å². The van der Waals surface area contributed by atoms with E-state index in [2.05, 4.69) is 15.2 Å². The Labute approximate surface area is 198 Å². The number of rotatable bonds is 5. The molecule has 0 radical (unpaired) electrons. The summed E-state index contributed by atoms with van der Waals surface area (Å²) in [5, 5.41) is 13.0. The van der Waals surface area contributed by atoms with Gasteiger partial charge in [-0.15, -0.1) is 0 Å². The Morgan fingerprint density at radius 3 is 2.65 bits per heavy atom. The smallest absolute Gasteiger partial charge is 0.328 e. The number of nitrogens with zero attached hydrogens (tertiary/aromatic N) is 4. The Bertz CT molecular complexity index is 1240. The van der Waals surface area contributed by atoms with Crippen LogP contribution in [0.15, 0.2) is 41.3 Å². The summed E-state index contributed by atoms with van der Waals surface area (Å²) in [5.74, 6) is 1.34. The molecular weight excluding hydrogens is 434 g/mol. The number of phenolic OH excluding ortho intramolecular Hbond substituents is 1. The molecule has 2 N–H and O–H groups in total. The predicted octanol–water partition coefficient (Wildman–Crippen LogP) is 2.72. The SMILES string of the molecule is Cn1c(=O)n(CC2CCC(C(=O)Nc3ccnc(N4CCOCC4)c3)CC2)c2cc(O)ccc21. The van der Waals surface area contributed by atoms with E-state index in [0.29, 0.717) is 25.7 Å². The number of pyridine rings is 1. The second-order valence-corrected chi connectivity index (χ2v) is 9.33. The first-order chi connectivity index (χ1) is 16.5. The summed E-state index contributed by atoms with van der Waals surface area (Å²) < 4.78 is 8.78. The van der Waals surface area contributed by atoms with Gasteiger partial charge in [-0.2, -0.15) is 0 Å². The van der Waals surface area contributed by atoms with E-state index in [9.17, 15) is 14.7 Å². The molecule has 0 unspecified atom stereocenters. The van der Waals surface area contributed by atoms with Gasteiger partial charge in [0.05, 0.1) is 24.2 Å². The molecule has 2 aliphatic rings. The fraction of sp³-hybridized carbons (Fsp3) is 0.480. The molecule has 0 atom stereocenters. The first-order valence-electron chi connectivity index (χ1n) is 12.0. The van der Waals surface area contributed by atoms with E-state index in [4.69, 9.17) is 4.74 Å². The molecule has 1 saturated carbocycles. The molecule has 3 heterocycles. The highest BCUT2D eigenvalue weighted by molar-refractivity contribution is 5.92. The third-order valence-electron chi connectivity index (χ3n) is 7.14. The second-order valence-electron chi connectivity index (χ2n) is 9.33. The van der Waals surface area contributed by atoms with Gasteiger partial charge in [0.2, 0.25) is 5.91 Å². The summed E-state index contributed by atoms with van der Waals surface area (Å²) in [7, 11) is 1.75. The van der Waals surface area contributed by atoms with Crippen molar-refractivity contribution in [1.82, 2.24) is 14.1 Å². The largest absolute Gasteiger partial charge is 0.508 e. The number of hydrogen-bond donors (Lipinski definition) is 2. The number of hydrogen-bond acceptors (Lipinski definition) is 6. The van der Waals surface area contributed by atoms with Crippen LogP contribution in [0.1, 0.15) is 25.7 Å².